The Morgan fingerprint density at radius 3 is 2.28 bits per heavy atom. The molecule has 1 aliphatic heterocycles. The number of hydrogen-bond donors (Lipinski definition) is 1. The van der Waals surface area contributed by atoms with Crippen LogP contribution in [0.3, 0.4) is 0 Å². The highest BCUT2D eigenvalue weighted by Crippen LogP contribution is 2.32. The summed E-state index contributed by atoms with van der Waals surface area (Å²) in [6.07, 6.45) is -0.286. The van der Waals surface area contributed by atoms with Crippen LogP contribution in [0.1, 0.15) is 22.9 Å². The lowest BCUT2D eigenvalue weighted by Gasteiger charge is -2.26. The van der Waals surface area contributed by atoms with Crippen LogP contribution in [0.4, 0.5) is 11.4 Å². The summed E-state index contributed by atoms with van der Waals surface area (Å²) in [5.41, 5.74) is 4.97. The van der Waals surface area contributed by atoms with Crippen LogP contribution in [0.25, 0.3) is 0 Å². The first-order valence-corrected chi connectivity index (χ1v) is 7.96. The van der Waals surface area contributed by atoms with E-state index in [9.17, 15) is 10.1 Å². The zero-order chi connectivity index (χ0) is 17.2. The second-order valence-electron chi connectivity index (χ2n) is 5.78. The normalized spacial score (nSPS) is 15.7. The van der Waals surface area contributed by atoms with Gasteiger partial charge in [0.2, 0.25) is 0 Å². The number of non-ortho nitro benzene ring substituents is 1. The molecular weight excluding hydrogens is 314 g/mol. The fraction of sp³-hybridized carbons (Fsp3) is 0.0500. The van der Waals surface area contributed by atoms with Gasteiger partial charge in [0.25, 0.3) is 5.69 Å². The van der Waals surface area contributed by atoms with Gasteiger partial charge in [0.15, 0.2) is 0 Å². The molecule has 4 rings (SSSR count). The molecule has 0 spiro atoms. The quantitative estimate of drug-likeness (QED) is 0.566. The van der Waals surface area contributed by atoms with Crippen LogP contribution in [-0.2, 0) is 0 Å². The molecule has 1 unspecified atom stereocenters. The van der Waals surface area contributed by atoms with Crippen molar-refractivity contribution in [1.82, 2.24) is 0 Å². The third kappa shape index (κ3) is 2.87. The second-order valence-corrected chi connectivity index (χ2v) is 5.78. The molecule has 0 fully saturated rings. The molecule has 25 heavy (non-hydrogen) atoms. The van der Waals surface area contributed by atoms with Crippen molar-refractivity contribution in [3.05, 3.63) is 106 Å². The smallest absolute Gasteiger partial charge is 0.269 e. The van der Waals surface area contributed by atoms with Gasteiger partial charge in [0.05, 0.1) is 10.6 Å². The Hall–Kier alpha value is -3.47. The van der Waals surface area contributed by atoms with Crippen molar-refractivity contribution in [2.75, 3.05) is 5.32 Å². The van der Waals surface area contributed by atoms with Crippen LogP contribution >= 0.6 is 0 Å². The molecule has 0 amide bonds. The highest BCUT2D eigenvalue weighted by atomic mass is 16.6. The van der Waals surface area contributed by atoms with Gasteiger partial charge in [-0.05, 0) is 23.8 Å². The lowest BCUT2D eigenvalue weighted by molar-refractivity contribution is -0.384. The van der Waals surface area contributed by atoms with Gasteiger partial charge in [-0.1, -0.05) is 48.5 Å². The molecule has 0 saturated carbocycles. The predicted octanol–water partition coefficient (Wildman–Crippen LogP) is 4.56. The predicted molar refractivity (Wildman–Crippen MR) is 98.0 cm³/mol. The van der Waals surface area contributed by atoms with Crippen molar-refractivity contribution >= 4 is 17.1 Å². The molecule has 1 N–H and O–H groups in total. The zero-order valence-corrected chi connectivity index (χ0v) is 13.3. The molecule has 3 aromatic carbocycles. The highest BCUT2D eigenvalue weighted by molar-refractivity contribution is 6.16. The number of nitro benzene ring substituents is 1. The Balaban J connectivity index is 1.79. The summed E-state index contributed by atoms with van der Waals surface area (Å²) in [6, 6.07) is 24.6. The molecule has 1 atom stereocenters. The average Bonchev–Trinajstić information content (AvgIpc) is 2.68. The Kier molecular flexibility index (Phi) is 3.74. The van der Waals surface area contributed by atoms with Crippen LogP contribution in [0, 0.1) is 10.1 Å². The maximum absolute atomic E-state index is 10.9. The fourth-order valence-electron chi connectivity index (χ4n) is 2.96. The average molecular weight is 329 g/mol. The number of aliphatic imine (C=N–C) groups is 1. The van der Waals surface area contributed by atoms with Gasteiger partial charge in [0.1, 0.15) is 6.17 Å². The lowest BCUT2D eigenvalue weighted by atomic mass is 9.97. The van der Waals surface area contributed by atoms with Gasteiger partial charge < -0.3 is 5.32 Å². The topological polar surface area (TPSA) is 67.5 Å². The molecule has 122 valence electrons. The molecule has 5 nitrogen and oxygen atoms in total. The first kappa shape index (κ1) is 15.1. The minimum atomic E-state index is -0.397. The van der Waals surface area contributed by atoms with E-state index in [1.807, 2.05) is 54.6 Å². The van der Waals surface area contributed by atoms with Gasteiger partial charge in [-0.2, -0.15) is 0 Å². The molecule has 0 radical (unpaired) electrons. The Morgan fingerprint density at radius 1 is 0.880 bits per heavy atom. The molecule has 1 aliphatic rings. The van der Waals surface area contributed by atoms with E-state index in [0.29, 0.717) is 0 Å². The van der Waals surface area contributed by atoms with E-state index in [-0.39, 0.29) is 11.9 Å². The summed E-state index contributed by atoms with van der Waals surface area (Å²) in [6.45, 7) is 0. The SMILES string of the molecule is O=[N+]([O-])c1ccc(C2N=C(c3ccccc3)c3ccccc3N2)cc1. The van der Waals surface area contributed by atoms with E-state index in [1.165, 1.54) is 12.1 Å². The van der Waals surface area contributed by atoms with Crippen molar-refractivity contribution in [3.63, 3.8) is 0 Å². The number of nitro groups is 1. The fourth-order valence-corrected chi connectivity index (χ4v) is 2.96. The van der Waals surface area contributed by atoms with Crippen molar-refractivity contribution in [2.24, 2.45) is 4.99 Å². The molecule has 0 aliphatic carbocycles. The number of anilines is 1. The standard InChI is InChI=1S/C20H15N3O2/c24-23(25)16-12-10-15(11-13-16)20-21-18-9-5-4-8-17(18)19(22-20)14-6-2-1-3-7-14/h1-13,20-21H. The summed E-state index contributed by atoms with van der Waals surface area (Å²) in [5, 5.41) is 14.3. The number of para-hydroxylation sites is 1. The molecule has 5 heteroatoms. The number of nitrogens with one attached hydrogen (secondary N) is 1. The van der Waals surface area contributed by atoms with Crippen molar-refractivity contribution in [3.8, 4) is 0 Å². The van der Waals surface area contributed by atoms with Crippen LogP contribution in [-0.4, -0.2) is 10.6 Å². The molecule has 0 aromatic heterocycles. The number of hydrogen-bond acceptors (Lipinski definition) is 4. The first-order valence-electron chi connectivity index (χ1n) is 7.96. The molecule has 1 heterocycles. The van der Waals surface area contributed by atoms with Crippen LogP contribution in [0.5, 0.6) is 0 Å². The van der Waals surface area contributed by atoms with Crippen LogP contribution in [0.2, 0.25) is 0 Å². The Labute approximate surface area is 144 Å². The first-order chi connectivity index (χ1) is 12.2. The molecular formula is C20H15N3O2. The minimum absolute atomic E-state index is 0.0761. The van der Waals surface area contributed by atoms with E-state index in [0.717, 1.165) is 28.1 Å². The van der Waals surface area contributed by atoms with Crippen LogP contribution < -0.4 is 5.32 Å². The Morgan fingerprint density at radius 2 is 1.56 bits per heavy atom. The van der Waals surface area contributed by atoms with Crippen molar-refractivity contribution in [1.29, 1.82) is 0 Å². The zero-order valence-electron chi connectivity index (χ0n) is 13.3. The maximum atomic E-state index is 10.9. The second kappa shape index (κ2) is 6.20. The molecule has 0 saturated heterocycles. The summed E-state index contributed by atoms with van der Waals surface area (Å²) in [7, 11) is 0. The number of benzene rings is 3. The van der Waals surface area contributed by atoms with E-state index in [1.54, 1.807) is 12.1 Å². The maximum Gasteiger partial charge on any atom is 0.269 e. The summed E-state index contributed by atoms with van der Waals surface area (Å²) in [5.74, 6) is 0. The lowest BCUT2D eigenvalue weighted by Crippen LogP contribution is -2.20. The minimum Gasteiger partial charge on any atom is -0.360 e. The third-order valence-electron chi connectivity index (χ3n) is 4.20. The van der Waals surface area contributed by atoms with E-state index in [4.69, 9.17) is 4.99 Å². The Bertz CT molecular complexity index is 950. The summed E-state index contributed by atoms with van der Waals surface area (Å²) >= 11 is 0. The van der Waals surface area contributed by atoms with Gasteiger partial charge in [-0.25, -0.2) is 0 Å². The number of rotatable bonds is 3. The van der Waals surface area contributed by atoms with Crippen molar-refractivity contribution < 1.29 is 4.92 Å². The highest BCUT2D eigenvalue weighted by Gasteiger charge is 2.22. The molecule has 3 aromatic rings. The van der Waals surface area contributed by atoms with E-state index < -0.39 is 4.92 Å². The van der Waals surface area contributed by atoms with Gasteiger partial charge in [-0.15, -0.1) is 0 Å². The van der Waals surface area contributed by atoms with Gasteiger partial charge >= 0.3 is 0 Å². The van der Waals surface area contributed by atoms with Gasteiger partial charge in [0, 0.05) is 28.9 Å². The molecule has 0 bridgehead atoms. The number of nitrogens with zero attached hydrogens (tertiary/aromatic N) is 2. The largest absolute Gasteiger partial charge is 0.360 e. The summed E-state index contributed by atoms with van der Waals surface area (Å²) in [4.78, 5) is 15.3. The third-order valence-corrected chi connectivity index (χ3v) is 4.20. The van der Waals surface area contributed by atoms with Gasteiger partial charge in [-0.3, -0.25) is 15.1 Å². The van der Waals surface area contributed by atoms with E-state index in [2.05, 4.69) is 5.32 Å². The van der Waals surface area contributed by atoms with E-state index >= 15 is 0 Å². The van der Waals surface area contributed by atoms with Crippen LogP contribution in [0.15, 0.2) is 83.9 Å². The summed E-state index contributed by atoms with van der Waals surface area (Å²) < 4.78 is 0. The number of fused-ring (bicyclic) bond motifs is 1. The van der Waals surface area contributed by atoms with Crippen molar-refractivity contribution in [2.45, 2.75) is 6.17 Å². The monoisotopic (exact) mass is 329 g/mol.